The number of aryl methyl sites for hydroxylation is 1. The molecule has 118 valence electrons. The van der Waals surface area contributed by atoms with E-state index >= 15 is 0 Å². The molecular weight excluding hydrogens is 294 g/mol. The monoisotopic (exact) mass is 315 g/mol. The summed E-state index contributed by atoms with van der Waals surface area (Å²) in [6, 6.07) is 0.336. The van der Waals surface area contributed by atoms with E-state index in [4.69, 9.17) is 4.74 Å². The molecule has 0 spiro atoms. The first-order valence-corrected chi connectivity index (χ1v) is 7.04. The second-order valence-corrected chi connectivity index (χ2v) is 5.46. The van der Waals surface area contributed by atoms with Gasteiger partial charge in [0, 0.05) is 49.5 Å². The van der Waals surface area contributed by atoms with Gasteiger partial charge in [-0.3, -0.25) is 9.88 Å². The number of aliphatic hydroxyl groups is 1. The van der Waals surface area contributed by atoms with Crippen LogP contribution in [0.4, 0.5) is 0 Å². The molecule has 0 radical (unpaired) electrons. The van der Waals surface area contributed by atoms with Crippen molar-refractivity contribution in [2.45, 2.75) is 32.2 Å². The summed E-state index contributed by atoms with van der Waals surface area (Å²) < 4.78 is 5.75. The predicted molar refractivity (Wildman–Crippen MR) is 80.6 cm³/mol. The molecule has 3 heterocycles. The molecule has 6 nitrogen and oxygen atoms in total. The van der Waals surface area contributed by atoms with Crippen LogP contribution in [0.15, 0.2) is 6.20 Å². The highest BCUT2D eigenvalue weighted by atomic mass is 35.5. The fourth-order valence-corrected chi connectivity index (χ4v) is 3.06. The third kappa shape index (κ3) is 3.14. The second kappa shape index (κ2) is 6.89. The normalized spacial score (nSPS) is 25.4. The minimum absolute atomic E-state index is 0. The Labute approximate surface area is 130 Å². The van der Waals surface area contributed by atoms with Gasteiger partial charge in [-0.2, -0.15) is 0 Å². The van der Waals surface area contributed by atoms with Gasteiger partial charge >= 0.3 is 0 Å². The maximum atomic E-state index is 10.2. The van der Waals surface area contributed by atoms with Gasteiger partial charge in [0.05, 0.1) is 25.0 Å². The van der Waals surface area contributed by atoms with Crippen LogP contribution in [0.2, 0.25) is 0 Å². The first kappa shape index (κ1) is 16.5. The molecule has 3 rings (SSSR count). The number of aliphatic hydroxyl groups excluding tert-OH is 1. The van der Waals surface area contributed by atoms with Gasteiger partial charge in [0.2, 0.25) is 0 Å². The molecule has 2 fully saturated rings. The van der Waals surface area contributed by atoms with Gasteiger partial charge in [-0.25, -0.2) is 0 Å². The highest BCUT2D eigenvalue weighted by Gasteiger charge is 2.36. The molecule has 1 aromatic heterocycles. The van der Waals surface area contributed by atoms with E-state index in [1.165, 1.54) is 0 Å². The van der Waals surface area contributed by atoms with E-state index in [9.17, 15) is 10.2 Å². The molecule has 2 saturated heterocycles. The number of morpholine rings is 1. The molecule has 2 atom stereocenters. The molecule has 0 aromatic carbocycles. The van der Waals surface area contributed by atoms with Crippen LogP contribution >= 0.6 is 12.4 Å². The van der Waals surface area contributed by atoms with Crippen molar-refractivity contribution in [3.05, 3.63) is 23.0 Å². The molecule has 0 unspecified atom stereocenters. The summed E-state index contributed by atoms with van der Waals surface area (Å²) in [5.41, 5.74) is 2.08. The number of aromatic hydroxyl groups is 1. The zero-order valence-corrected chi connectivity index (χ0v) is 12.9. The highest BCUT2D eigenvalue weighted by molar-refractivity contribution is 5.85. The molecule has 0 aliphatic carbocycles. The lowest BCUT2D eigenvalue weighted by atomic mass is 10.0. The third-order valence-corrected chi connectivity index (χ3v) is 4.27. The summed E-state index contributed by atoms with van der Waals surface area (Å²) in [5.74, 6) is 0.200. The SMILES string of the molecule is Cc1ncc(CO)c(CN2CCO[C@H]3CNC[C@H]32)c1O.Cl. The molecule has 21 heavy (non-hydrogen) atoms. The molecule has 3 N–H and O–H groups in total. The number of pyridine rings is 1. The maximum Gasteiger partial charge on any atom is 0.141 e. The Kier molecular flexibility index (Phi) is 5.40. The number of halogens is 1. The number of nitrogens with zero attached hydrogens (tertiary/aromatic N) is 2. The molecule has 1 aromatic rings. The van der Waals surface area contributed by atoms with Crippen LogP contribution in [0.1, 0.15) is 16.8 Å². The Hall–Kier alpha value is -0.920. The van der Waals surface area contributed by atoms with Gasteiger partial charge in [0.25, 0.3) is 0 Å². The zero-order chi connectivity index (χ0) is 14.1. The molecule has 2 aliphatic rings. The Morgan fingerprint density at radius 3 is 3.05 bits per heavy atom. The minimum atomic E-state index is -0.104. The predicted octanol–water partition coefficient (Wildman–Crippen LogP) is 0.182. The third-order valence-electron chi connectivity index (χ3n) is 4.27. The van der Waals surface area contributed by atoms with E-state index in [0.29, 0.717) is 30.5 Å². The van der Waals surface area contributed by atoms with Crippen molar-refractivity contribution in [1.29, 1.82) is 0 Å². The molecule has 2 aliphatic heterocycles. The largest absolute Gasteiger partial charge is 0.506 e. The Balaban J connectivity index is 0.00000161. The number of nitrogens with one attached hydrogen (secondary N) is 1. The topological polar surface area (TPSA) is 77.9 Å². The van der Waals surface area contributed by atoms with Crippen LogP contribution in [0.25, 0.3) is 0 Å². The van der Waals surface area contributed by atoms with E-state index in [0.717, 1.165) is 25.2 Å². The molecule has 0 bridgehead atoms. The van der Waals surface area contributed by atoms with Gasteiger partial charge < -0.3 is 20.3 Å². The Morgan fingerprint density at radius 2 is 2.29 bits per heavy atom. The summed E-state index contributed by atoms with van der Waals surface area (Å²) in [6.07, 6.45) is 1.88. The van der Waals surface area contributed by atoms with Crippen LogP contribution in [0.3, 0.4) is 0 Å². The zero-order valence-electron chi connectivity index (χ0n) is 12.1. The molecular formula is C14H22ClN3O3. The average Bonchev–Trinajstić information content (AvgIpc) is 2.93. The van der Waals surface area contributed by atoms with Gasteiger partial charge in [0.15, 0.2) is 0 Å². The van der Waals surface area contributed by atoms with Crippen LogP contribution in [0.5, 0.6) is 5.75 Å². The quantitative estimate of drug-likeness (QED) is 0.739. The lowest BCUT2D eigenvalue weighted by molar-refractivity contribution is -0.0503. The summed E-state index contributed by atoms with van der Waals surface area (Å²) in [7, 11) is 0. The van der Waals surface area contributed by atoms with Crippen molar-refractivity contribution in [2.75, 3.05) is 26.2 Å². The van der Waals surface area contributed by atoms with Crippen molar-refractivity contribution in [3.8, 4) is 5.75 Å². The number of aromatic nitrogens is 1. The van der Waals surface area contributed by atoms with Crippen molar-refractivity contribution < 1.29 is 14.9 Å². The van der Waals surface area contributed by atoms with E-state index < -0.39 is 0 Å². The van der Waals surface area contributed by atoms with Gasteiger partial charge in [-0.05, 0) is 6.92 Å². The molecule has 0 saturated carbocycles. The van der Waals surface area contributed by atoms with Crippen LogP contribution in [-0.4, -0.2) is 58.5 Å². The smallest absolute Gasteiger partial charge is 0.141 e. The lowest BCUT2D eigenvalue weighted by Crippen LogP contribution is -2.50. The highest BCUT2D eigenvalue weighted by Crippen LogP contribution is 2.28. The van der Waals surface area contributed by atoms with Crippen molar-refractivity contribution >= 4 is 12.4 Å². The van der Waals surface area contributed by atoms with Gasteiger partial charge in [-0.15, -0.1) is 12.4 Å². The van der Waals surface area contributed by atoms with Crippen LogP contribution in [-0.2, 0) is 17.9 Å². The standard InChI is InChI=1S/C14H21N3O3.ClH/c1-9-14(19)11(10(8-18)4-16-9)7-17-2-3-20-13-6-15-5-12(13)17;/h4,12-13,15,18-19H,2-3,5-8H2,1H3;1H/t12-,13+;/m1./s1. The summed E-state index contributed by atoms with van der Waals surface area (Å²) >= 11 is 0. The maximum absolute atomic E-state index is 10.2. The first-order chi connectivity index (χ1) is 9.70. The number of hydrogen-bond acceptors (Lipinski definition) is 6. The summed E-state index contributed by atoms with van der Waals surface area (Å²) in [6.45, 7) is 5.64. The number of rotatable bonds is 3. The fraction of sp³-hybridized carbons (Fsp3) is 0.643. The van der Waals surface area contributed by atoms with Crippen molar-refractivity contribution in [1.82, 2.24) is 15.2 Å². The summed E-state index contributed by atoms with van der Waals surface area (Å²) in [5, 5.41) is 23.0. The lowest BCUT2D eigenvalue weighted by Gasteiger charge is -2.37. The van der Waals surface area contributed by atoms with E-state index in [2.05, 4.69) is 15.2 Å². The number of hydrogen-bond donors (Lipinski definition) is 3. The fourth-order valence-electron chi connectivity index (χ4n) is 3.06. The van der Waals surface area contributed by atoms with E-state index in [1.54, 1.807) is 13.1 Å². The Morgan fingerprint density at radius 1 is 1.48 bits per heavy atom. The Bertz CT molecular complexity index is 501. The van der Waals surface area contributed by atoms with Gasteiger partial charge in [0.1, 0.15) is 5.75 Å². The second-order valence-electron chi connectivity index (χ2n) is 5.46. The number of fused-ring (bicyclic) bond motifs is 1. The average molecular weight is 316 g/mol. The van der Waals surface area contributed by atoms with Crippen LogP contribution in [0, 0.1) is 6.92 Å². The number of ether oxygens (including phenoxy) is 1. The minimum Gasteiger partial charge on any atom is -0.506 e. The van der Waals surface area contributed by atoms with E-state index in [1.807, 2.05) is 0 Å². The first-order valence-electron chi connectivity index (χ1n) is 7.04. The van der Waals surface area contributed by atoms with Gasteiger partial charge in [-0.1, -0.05) is 0 Å². The molecule has 7 heteroatoms. The van der Waals surface area contributed by atoms with Crippen LogP contribution < -0.4 is 5.32 Å². The van der Waals surface area contributed by atoms with E-state index in [-0.39, 0.29) is 30.9 Å². The summed E-state index contributed by atoms with van der Waals surface area (Å²) in [4.78, 5) is 6.43. The molecule has 0 amide bonds. The van der Waals surface area contributed by atoms with Crippen molar-refractivity contribution in [3.63, 3.8) is 0 Å². The van der Waals surface area contributed by atoms with Crippen molar-refractivity contribution in [2.24, 2.45) is 0 Å².